The van der Waals surface area contributed by atoms with Crippen LogP contribution in [0.4, 0.5) is 0 Å². The lowest BCUT2D eigenvalue weighted by Crippen LogP contribution is -2.47. The Hall–Kier alpha value is -0.650. The second-order valence-corrected chi connectivity index (χ2v) is 5.60. The summed E-state index contributed by atoms with van der Waals surface area (Å²) >= 11 is 0. The highest BCUT2D eigenvalue weighted by atomic mass is 16.5. The summed E-state index contributed by atoms with van der Waals surface area (Å²) in [7, 11) is 5.72. The van der Waals surface area contributed by atoms with Crippen LogP contribution in [0, 0.1) is 5.92 Å². The predicted octanol–water partition coefficient (Wildman–Crippen LogP) is 0.411. The number of likely N-dealkylation sites (tertiary alicyclic amines) is 1. The number of ether oxygens (including phenoxy) is 1. The number of hydrogen-bond donors (Lipinski definition) is 1. The van der Waals surface area contributed by atoms with E-state index in [0.29, 0.717) is 6.54 Å². The highest BCUT2D eigenvalue weighted by Crippen LogP contribution is 2.16. The van der Waals surface area contributed by atoms with E-state index in [-0.39, 0.29) is 12.0 Å². The van der Waals surface area contributed by atoms with Gasteiger partial charge in [-0.25, -0.2) is 0 Å². The monoisotopic (exact) mass is 271 g/mol. The zero-order chi connectivity index (χ0) is 14.3. The molecule has 1 fully saturated rings. The van der Waals surface area contributed by atoms with Crippen molar-refractivity contribution in [2.24, 2.45) is 5.92 Å². The van der Waals surface area contributed by atoms with Crippen molar-refractivity contribution < 1.29 is 9.53 Å². The second-order valence-electron chi connectivity index (χ2n) is 5.60. The number of carbonyl (C=O) groups is 1. The number of carbonyl (C=O) groups excluding carboxylic acids is 1. The second kappa shape index (κ2) is 8.51. The average molecular weight is 271 g/mol. The number of nitrogens with zero attached hydrogens (tertiary/aromatic N) is 2. The maximum atomic E-state index is 11.7. The molecule has 0 aromatic rings. The van der Waals surface area contributed by atoms with Gasteiger partial charge in [-0.3, -0.25) is 4.79 Å². The van der Waals surface area contributed by atoms with Gasteiger partial charge in [-0.05, 0) is 52.5 Å². The zero-order valence-corrected chi connectivity index (χ0v) is 12.8. The first-order valence-corrected chi connectivity index (χ1v) is 7.25. The quantitative estimate of drug-likeness (QED) is 0.680. The van der Waals surface area contributed by atoms with Gasteiger partial charge in [0, 0.05) is 13.1 Å². The Morgan fingerprint density at radius 1 is 1.47 bits per heavy atom. The lowest BCUT2D eigenvalue weighted by molar-refractivity contribution is -0.143. The van der Waals surface area contributed by atoms with E-state index in [2.05, 4.69) is 29.2 Å². The van der Waals surface area contributed by atoms with Gasteiger partial charge in [0.1, 0.15) is 6.04 Å². The van der Waals surface area contributed by atoms with Gasteiger partial charge in [-0.2, -0.15) is 0 Å². The fraction of sp³-hybridized carbons (Fsp3) is 0.929. The van der Waals surface area contributed by atoms with Crippen molar-refractivity contribution in [1.29, 1.82) is 0 Å². The molecule has 0 amide bonds. The fourth-order valence-corrected chi connectivity index (χ4v) is 2.68. The van der Waals surface area contributed by atoms with E-state index in [1.165, 1.54) is 33.0 Å². The minimum atomic E-state index is -0.216. The molecule has 0 bridgehead atoms. The third-order valence-corrected chi connectivity index (χ3v) is 3.84. The van der Waals surface area contributed by atoms with Gasteiger partial charge < -0.3 is 19.9 Å². The summed E-state index contributed by atoms with van der Waals surface area (Å²) < 4.78 is 4.84. The third-order valence-electron chi connectivity index (χ3n) is 3.84. The molecule has 1 atom stereocenters. The largest absolute Gasteiger partial charge is 0.468 e. The molecule has 1 N–H and O–H groups in total. The minimum absolute atomic E-state index is 0.169. The van der Waals surface area contributed by atoms with Crippen LogP contribution in [-0.4, -0.2) is 75.7 Å². The lowest BCUT2D eigenvalue weighted by atomic mass is 9.96. The van der Waals surface area contributed by atoms with Crippen molar-refractivity contribution in [2.45, 2.75) is 25.8 Å². The molecule has 1 rings (SSSR count). The molecule has 112 valence electrons. The Labute approximate surface area is 117 Å². The molecule has 1 aliphatic heterocycles. The van der Waals surface area contributed by atoms with Gasteiger partial charge in [0.25, 0.3) is 0 Å². The first kappa shape index (κ1) is 16.4. The molecule has 1 saturated heterocycles. The van der Waals surface area contributed by atoms with Crippen LogP contribution in [0.3, 0.4) is 0 Å². The number of piperidine rings is 1. The van der Waals surface area contributed by atoms with E-state index in [1.54, 1.807) is 0 Å². The Kier molecular flexibility index (Phi) is 7.34. The number of rotatable bonds is 7. The highest BCUT2D eigenvalue weighted by Gasteiger charge is 2.23. The Bertz CT molecular complexity index is 265. The van der Waals surface area contributed by atoms with Gasteiger partial charge in [0.15, 0.2) is 0 Å². The molecule has 0 aromatic carbocycles. The molecule has 19 heavy (non-hydrogen) atoms. The highest BCUT2D eigenvalue weighted by molar-refractivity contribution is 5.75. The number of hydrogen-bond acceptors (Lipinski definition) is 5. The molecular formula is C14H29N3O2. The third kappa shape index (κ3) is 5.89. The molecule has 0 saturated carbocycles. The normalized spacial score (nSPS) is 19.6. The summed E-state index contributed by atoms with van der Waals surface area (Å²) in [5.74, 6) is 0.582. The molecule has 0 spiro atoms. The minimum Gasteiger partial charge on any atom is -0.468 e. The van der Waals surface area contributed by atoms with Crippen LogP contribution < -0.4 is 5.32 Å². The average Bonchev–Trinajstić information content (AvgIpc) is 2.40. The van der Waals surface area contributed by atoms with Crippen LogP contribution in [0.15, 0.2) is 0 Å². The van der Waals surface area contributed by atoms with Crippen LogP contribution in [-0.2, 0) is 9.53 Å². The maximum absolute atomic E-state index is 11.7. The van der Waals surface area contributed by atoms with Crippen molar-refractivity contribution in [3.05, 3.63) is 0 Å². The topological polar surface area (TPSA) is 44.8 Å². The molecule has 1 heterocycles. The summed E-state index contributed by atoms with van der Waals surface area (Å²) in [6, 6.07) is -0.216. The van der Waals surface area contributed by atoms with Gasteiger partial charge in [0.05, 0.1) is 7.11 Å². The van der Waals surface area contributed by atoms with E-state index in [0.717, 1.165) is 19.0 Å². The van der Waals surface area contributed by atoms with Gasteiger partial charge in [-0.15, -0.1) is 0 Å². The molecule has 0 radical (unpaired) electrons. The van der Waals surface area contributed by atoms with Crippen LogP contribution in [0.2, 0.25) is 0 Å². The summed E-state index contributed by atoms with van der Waals surface area (Å²) in [4.78, 5) is 16.3. The van der Waals surface area contributed by atoms with Crippen molar-refractivity contribution in [3.63, 3.8) is 0 Å². The first-order chi connectivity index (χ1) is 9.06. The summed E-state index contributed by atoms with van der Waals surface area (Å²) in [6.07, 6.45) is 2.51. The van der Waals surface area contributed by atoms with Crippen LogP contribution in [0.1, 0.15) is 19.8 Å². The van der Waals surface area contributed by atoms with Crippen molar-refractivity contribution in [3.8, 4) is 0 Å². The van der Waals surface area contributed by atoms with Crippen LogP contribution >= 0.6 is 0 Å². The summed E-state index contributed by atoms with van der Waals surface area (Å²) in [5, 5.41) is 3.18. The van der Waals surface area contributed by atoms with Crippen LogP contribution in [0.25, 0.3) is 0 Å². The van der Waals surface area contributed by atoms with Gasteiger partial charge >= 0.3 is 5.97 Å². The van der Waals surface area contributed by atoms with Crippen molar-refractivity contribution in [1.82, 2.24) is 15.1 Å². The number of likely N-dealkylation sites (N-methyl/N-ethyl adjacent to an activating group) is 2. The first-order valence-electron chi connectivity index (χ1n) is 7.25. The maximum Gasteiger partial charge on any atom is 0.324 e. The Morgan fingerprint density at radius 2 is 2.11 bits per heavy atom. The van der Waals surface area contributed by atoms with Gasteiger partial charge in [0.2, 0.25) is 0 Å². The Balaban J connectivity index is 2.35. The van der Waals surface area contributed by atoms with E-state index >= 15 is 0 Å². The van der Waals surface area contributed by atoms with E-state index in [9.17, 15) is 4.79 Å². The smallest absolute Gasteiger partial charge is 0.324 e. The number of nitrogens with one attached hydrogen (secondary N) is 1. The Morgan fingerprint density at radius 3 is 2.63 bits per heavy atom. The molecule has 0 aliphatic carbocycles. The molecule has 0 aromatic heterocycles. The zero-order valence-electron chi connectivity index (χ0n) is 12.8. The standard InChI is InChI=1S/C14H29N3O2/c1-5-15-13(14(18)19-4)11-17(3)10-12-6-8-16(2)9-7-12/h12-13,15H,5-11H2,1-4H3. The molecule has 1 unspecified atom stereocenters. The number of esters is 1. The lowest BCUT2D eigenvalue weighted by Gasteiger charge is -2.32. The summed E-state index contributed by atoms with van der Waals surface area (Å²) in [5.41, 5.74) is 0. The van der Waals surface area contributed by atoms with Crippen molar-refractivity contribution >= 4 is 5.97 Å². The van der Waals surface area contributed by atoms with E-state index in [1.807, 2.05) is 6.92 Å². The van der Waals surface area contributed by atoms with E-state index < -0.39 is 0 Å². The predicted molar refractivity (Wildman–Crippen MR) is 77.2 cm³/mol. The fourth-order valence-electron chi connectivity index (χ4n) is 2.68. The molecule has 5 heteroatoms. The SMILES string of the molecule is CCNC(CN(C)CC1CCN(C)CC1)C(=O)OC. The summed E-state index contributed by atoms with van der Waals surface area (Å²) in [6.45, 7) is 6.94. The van der Waals surface area contributed by atoms with Gasteiger partial charge in [-0.1, -0.05) is 6.92 Å². The van der Waals surface area contributed by atoms with Crippen molar-refractivity contribution in [2.75, 3.05) is 53.9 Å². The molecule has 1 aliphatic rings. The van der Waals surface area contributed by atoms with E-state index in [4.69, 9.17) is 4.74 Å². The molecular weight excluding hydrogens is 242 g/mol. The molecule has 5 nitrogen and oxygen atoms in total. The number of methoxy groups -OCH3 is 1. The van der Waals surface area contributed by atoms with Crippen LogP contribution in [0.5, 0.6) is 0 Å².